The van der Waals surface area contributed by atoms with Gasteiger partial charge in [0, 0.05) is 12.2 Å². The SMILES string of the molecule is O=C(COCC1CCCO1)NCc1ccc(-c2ccccc2Cl)o1. The molecule has 0 radical (unpaired) electrons. The van der Waals surface area contributed by atoms with Gasteiger partial charge in [-0.25, -0.2) is 0 Å². The summed E-state index contributed by atoms with van der Waals surface area (Å²) in [6.45, 7) is 1.59. The monoisotopic (exact) mass is 349 g/mol. The molecule has 1 aliphatic heterocycles. The second-order valence-corrected chi connectivity index (χ2v) is 6.08. The highest BCUT2D eigenvalue weighted by molar-refractivity contribution is 6.33. The van der Waals surface area contributed by atoms with Gasteiger partial charge in [-0.05, 0) is 37.1 Å². The van der Waals surface area contributed by atoms with Crippen molar-refractivity contribution in [2.45, 2.75) is 25.5 Å². The van der Waals surface area contributed by atoms with Crippen LogP contribution in [0.5, 0.6) is 0 Å². The number of carbonyl (C=O) groups is 1. The maximum absolute atomic E-state index is 11.8. The molecule has 1 atom stereocenters. The number of amides is 1. The molecule has 0 aliphatic carbocycles. The van der Waals surface area contributed by atoms with E-state index >= 15 is 0 Å². The largest absolute Gasteiger partial charge is 0.459 e. The lowest BCUT2D eigenvalue weighted by atomic mass is 10.2. The van der Waals surface area contributed by atoms with Crippen molar-refractivity contribution in [1.82, 2.24) is 5.32 Å². The summed E-state index contributed by atoms with van der Waals surface area (Å²) in [5.41, 5.74) is 0.830. The number of halogens is 1. The molecule has 1 amide bonds. The van der Waals surface area contributed by atoms with E-state index in [-0.39, 0.29) is 18.6 Å². The van der Waals surface area contributed by atoms with Crippen molar-refractivity contribution in [3.63, 3.8) is 0 Å². The average molecular weight is 350 g/mol. The van der Waals surface area contributed by atoms with Gasteiger partial charge in [-0.1, -0.05) is 23.7 Å². The van der Waals surface area contributed by atoms with E-state index < -0.39 is 0 Å². The standard InChI is InChI=1S/C18H20ClNO4/c19-16-6-2-1-5-15(16)17-8-7-13(24-17)10-20-18(21)12-22-11-14-4-3-9-23-14/h1-2,5-8,14H,3-4,9-12H2,(H,20,21). The Morgan fingerprint density at radius 3 is 2.96 bits per heavy atom. The smallest absolute Gasteiger partial charge is 0.246 e. The van der Waals surface area contributed by atoms with Crippen molar-refractivity contribution in [2.24, 2.45) is 0 Å². The number of nitrogens with one attached hydrogen (secondary N) is 1. The first-order valence-electron chi connectivity index (χ1n) is 8.02. The van der Waals surface area contributed by atoms with Crippen LogP contribution in [0, 0.1) is 0 Å². The van der Waals surface area contributed by atoms with Gasteiger partial charge in [0.05, 0.1) is 24.3 Å². The van der Waals surface area contributed by atoms with E-state index in [0.717, 1.165) is 25.0 Å². The van der Waals surface area contributed by atoms with Gasteiger partial charge in [-0.15, -0.1) is 0 Å². The van der Waals surface area contributed by atoms with Crippen LogP contribution in [0.1, 0.15) is 18.6 Å². The van der Waals surface area contributed by atoms with Crippen molar-refractivity contribution < 1.29 is 18.7 Å². The molecule has 0 spiro atoms. The van der Waals surface area contributed by atoms with Gasteiger partial charge >= 0.3 is 0 Å². The predicted octanol–water partition coefficient (Wildman–Crippen LogP) is 3.41. The van der Waals surface area contributed by atoms with Gasteiger partial charge in [-0.2, -0.15) is 0 Å². The third-order valence-electron chi connectivity index (χ3n) is 3.82. The molecule has 1 aliphatic rings. The third kappa shape index (κ3) is 4.60. The van der Waals surface area contributed by atoms with Crippen LogP contribution in [0.15, 0.2) is 40.8 Å². The summed E-state index contributed by atoms with van der Waals surface area (Å²) in [5.74, 6) is 1.17. The molecule has 1 aromatic carbocycles. The normalized spacial score (nSPS) is 17.1. The maximum atomic E-state index is 11.8. The first kappa shape index (κ1) is 17.0. The quantitative estimate of drug-likeness (QED) is 0.832. The van der Waals surface area contributed by atoms with E-state index in [9.17, 15) is 4.79 Å². The molecule has 2 aromatic rings. The Hall–Kier alpha value is -1.82. The summed E-state index contributed by atoms with van der Waals surface area (Å²) < 4.78 is 16.5. The molecule has 1 N–H and O–H groups in total. The molecule has 24 heavy (non-hydrogen) atoms. The summed E-state index contributed by atoms with van der Waals surface area (Å²) >= 11 is 6.15. The number of hydrogen-bond donors (Lipinski definition) is 1. The Balaban J connectivity index is 1.43. The first-order valence-corrected chi connectivity index (χ1v) is 8.40. The predicted molar refractivity (Wildman–Crippen MR) is 90.8 cm³/mol. The lowest BCUT2D eigenvalue weighted by Gasteiger charge is -2.09. The zero-order valence-electron chi connectivity index (χ0n) is 13.3. The van der Waals surface area contributed by atoms with Crippen molar-refractivity contribution in [3.8, 4) is 11.3 Å². The van der Waals surface area contributed by atoms with Crippen LogP contribution < -0.4 is 5.32 Å². The van der Waals surface area contributed by atoms with Gasteiger partial charge < -0.3 is 19.2 Å². The minimum Gasteiger partial charge on any atom is -0.459 e. The Labute approximate surface area is 145 Å². The summed E-state index contributed by atoms with van der Waals surface area (Å²) in [5, 5.41) is 3.40. The zero-order valence-corrected chi connectivity index (χ0v) is 14.1. The highest BCUT2D eigenvalue weighted by Gasteiger charge is 2.16. The minimum absolute atomic E-state index is 0.0257. The van der Waals surface area contributed by atoms with Crippen LogP contribution in [0.25, 0.3) is 11.3 Å². The van der Waals surface area contributed by atoms with Crippen LogP contribution in [-0.2, 0) is 20.8 Å². The Morgan fingerprint density at radius 2 is 2.17 bits per heavy atom. The number of hydrogen-bond acceptors (Lipinski definition) is 4. The summed E-state index contributed by atoms with van der Waals surface area (Å²) in [4.78, 5) is 11.8. The number of furan rings is 1. The molecule has 2 heterocycles. The van der Waals surface area contributed by atoms with E-state index in [1.807, 2.05) is 36.4 Å². The highest BCUT2D eigenvalue weighted by Crippen LogP contribution is 2.28. The fraction of sp³-hybridized carbons (Fsp3) is 0.389. The van der Waals surface area contributed by atoms with E-state index in [1.165, 1.54) is 0 Å². The van der Waals surface area contributed by atoms with Gasteiger partial charge in [0.1, 0.15) is 18.1 Å². The van der Waals surface area contributed by atoms with E-state index in [4.69, 9.17) is 25.5 Å². The molecule has 0 saturated carbocycles. The second-order valence-electron chi connectivity index (χ2n) is 5.67. The molecular formula is C18H20ClNO4. The summed E-state index contributed by atoms with van der Waals surface area (Å²) in [6, 6.07) is 11.1. The lowest BCUT2D eigenvalue weighted by Crippen LogP contribution is -2.28. The molecule has 1 saturated heterocycles. The van der Waals surface area contributed by atoms with E-state index in [0.29, 0.717) is 29.7 Å². The van der Waals surface area contributed by atoms with Crippen LogP contribution in [0.2, 0.25) is 5.02 Å². The second kappa shape index (κ2) is 8.33. The average Bonchev–Trinajstić information content (AvgIpc) is 3.25. The number of benzene rings is 1. The van der Waals surface area contributed by atoms with E-state index in [2.05, 4.69) is 5.32 Å². The fourth-order valence-electron chi connectivity index (χ4n) is 2.57. The van der Waals surface area contributed by atoms with Crippen LogP contribution in [-0.4, -0.2) is 31.8 Å². The molecule has 1 fully saturated rings. The first-order chi connectivity index (χ1) is 11.7. The topological polar surface area (TPSA) is 60.7 Å². The molecule has 6 heteroatoms. The number of ether oxygens (including phenoxy) is 2. The van der Waals surface area contributed by atoms with Crippen LogP contribution in [0.4, 0.5) is 0 Å². The van der Waals surface area contributed by atoms with Crippen LogP contribution >= 0.6 is 11.6 Å². The number of rotatable bonds is 7. The molecule has 128 valence electrons. The third-order valence-corrected chi connectivity index (χ3v) is 4.15. The van der Waals surface area contributed by atoms with Gasteiger partial charge in [-0.3, -0.25) is 4.79 Å². The lowest BCUT2D eigenvalue weighted by molar-refractivity contribution is -0.127. The molecule has 0 bridgehead atoms. The molecular weight excluding hydrogens is 330 g/mol. The van der Waals surface area contributed by atoms with Gasteiger partial charge in [0.2, 0.25) is 5.91 Å². The van der Waals surface area contributed by atoms with Crippen LogP contribution in [0.3, 0.4) is 0 Å². The molecule has 1 aromatic heterocycles. The molecule has 5 nitrogen and oxygen atoms in total. The van der Waals surface area contributed by atoms with Crippen molar-refractivity contribution >= 4 is 17.5 Å². The number of carbonyl (C=O) groups excluding carboxylic acids is 1. The van der Waals surface area contributed by atoms with Gasteiger partial charge in [0.15, 0.2) is 0 Å². The highest BCUT2D eigenvalue weighted by atomic mass is 35.5. The molecule has 1 unspecified atom stereocenters. The fourth-order valence-corrected chi connectivity index (χ4v) is 2.80. The Kier molecular flexibility index (Phi) is 5.91. The summed E-state index contributed by atoms with van der Waals surface area (Å²) in [7, 11) is 0. The molecule has 3 rings (SSSR count). The Bertz CT molecular complexity index is 679. The minimum atomic E-state index is -0.177. The Morgan fingerprint density at radius 1 is 1.29 bits per heavy atom. The van der Waals surface area contributed by atoms with Crippen molar-refractivity contribution in [3.05, 3.63) is 47.2 Å². The maximum Gasteiger partial charge on any atom is 0.246 e. The van der Waals surface area contributed by atoms with Gasteiger partial charge in [0.25, 0.3) is 0 Å². The zero-order chi connectivity index (χ0) is 16.8. The van der Waals surface area contributed by atoms with E-state index in [1.54, 1.807) is 0 Å². The summed E-state index contributed by atoms with van der Waals surface area (Å²) in [6.07, 6.45) is 2.19. The van der Waals surface area contributed by atoms with Crippen molar-refractivity contribution in [1.29, 1.82) is 0 Å². The van der Waals surface area contributed by atoms with Crippen molar-refractivity contribution in [2.75, 3.05) is 19.8 Å².